The van der Waals surface area contributed by atoms with Crippen molar-refractivity contribution >= 4 is 17.3 Å². The number of hydrogen-bond acceptors (Lipinski definition) is 3. The van der Waals surface area contributed by atoms with Crippen molar-refractivity contribution < 1.29 is 9.53 Å². The summed E-state index contributed by atoms with van der Waals surface area (Å²) in [7, 11) is 1.64. The van der Waals surface area contributed by atoms with E-state index in [4.69, 9.17) is 4.74 Å². The van der Waals surface area contributed by atoms with Crippen LogP contribution in [-0.2, 0) is 9.53 Å². The van der Waals surface area contributed by atoms with Crippen molar-refractivity contribution in [3.63, 3.8) is 0 Å². The molecular formula is C19H24N2O2. The van der Waals surface area contributed by atoms with E-state index in [-0.39, 0.29) is 11.9 Å². The zero-order valence-electron chi connectivity index (χ0n) is 13.7. The average molecular weight is 312 g/mol. The lowest BCUT2D eigenvalue weighted by Gasteiger charge is -2.16. The third-order valence-electron chi connectivity index (χ3n) is 3.60. The van der Waals surface area contributed by atoms with Crippen LogP contribution in [0.25, 0.3) is 0 Å². The van der Waals surface area contributed by atoms with Gasteiger partial charge >= 0.3 is 0 Å². The maximum absolute atomic E-state index is 11.8. The van der Waals surface area contributed by atoms with Crippen molar-refractivity contribution in [3.8, 4) is 0 Å². The number of hydrogen-bond donors (Lipinski definition) is 2. The molecule has 0 bridgehead atoms. The van der Waals surface area contributed by atoms with Crippen LogP contribution in [0.1, 0.15) is 31.4 Å². The van der Waals surface area contributed by atoms with Crippen molar-refractivity contribution in [2.75, 3.05) is 24.4 Å². The highest BCUT2D eigenvalue weighted by Crippen LogP contribution is 2.20. The van der Waals surface area contributed by atoms with Crippen LogP contribution in [0.4, 0.5) is 11.4 Å². The largest absolute Gasteiger partial charge is 0.385 e. The summed E-state index contributed by atoms with van der Waals surface area (Å²) in [4.78, 5) is 11.8. The lowest BCUT2D eigenvalue weighted by molar-refractivity contribution is -0.116. The molecule has 0 aliphatic rings. The Morgan fingerprint density at radius 1 is 1.04 bits per heavy atom. The van der Waals surface area contributed by atoms with Crippen LogP contribution >= 0.6 is 0 Å². The molecule has 2 aromatic carbocycles. The van der Waals surface area contributed by atoms with E-state index < -0.39 is 0 Å². The Kier molecular flexibility index (Phi) is 6.63. The van der Waals surface area contributed by atoms with Gasteiger partial charge in [-0.2, -0.15) is 0 Å². The molecular weight excluding hydrogens is 288 g/mol. The van der Waals surface area contributed by atoms with Crippen LogP contribution < -0.4 is 10.6 Å². The minimum Gasteiger partial charge on any atom is -0.385 e. The maximum Gasteiger partial charge on any atom is 0.224 e. The first-order valence-corrected chi connectivity index (χ1v) is 7.89. The molecule has 0 fully saturated rings. The highest BCUT2D eigenvalue weighted by atomic mass is 16.5. The summed E-state index contributed by atoms with van der Waals surface area (Å²) in [5.41, 5.74) is 3.08. The Labute approximate surface area is 137 Å². The number of benzene rings is 2. The molecule has 0 aliphatic heterocycles. The first-order chi connectivity index (χ1) is 11.2. The monoisotopic (exact) mass is 312 g/mol. The number of nitrogens with one attached hydrogen (secondary N) is 2. The first-order valence-electron chi connectivity index (χ1n) is 7.89. The van der Waals surface area contributed by atoms with E-state index in [0.29, 0.717) is 13.0 Å². The lowest BCUT2D eigenvalue weighted by Crippen LogP contribution is -2.12. The van der Waals surface area contributed by atoms with Crippen molar-refractivity contribution in [1.82, 2.24) is 0 Å². The van der Waals surface area contributed by atoms with Crippen LogP contribution in [0.2, 0.25) is 0 Å². The first kappa shape index (κ1) is 17.0. The Morgan fingerprint density at radius 3 is 2.35 bits per heavy atom. The van der Waals surface area contributed by atoms with Crippen molar-refractivity contribution in [2.24, 2.45) is 0 Å². The van der Waals surface area contributed by atoms with E-state index in [1.165, 1.54) is 5.56 Å². The Morgan fingerprint density at radius 2 is 1.70 bits per heavy atom. The molecule has 0 radical (unpaired) electrons. The second-order valence-electron chi connectivity index (χ2n) is 5.50. The Bertz CT molecular complexity index is 597. The minimum absolute atomic E-state index is 0.0143. The number of carbonyl (C=O) groups excluding carboxylic acids is 1. The van der Waals surface area contributed by atoms with Crippen LogP contribution in [-0.4, -0.2) is 19.6 Å². The molecule has 2 aromatic rings. The zero-order chi connectivity index (χ0) is 16.5. The van der Waals surface area contributed by atoms with E-state index in [0.717, 1.165) is 17.8 Å². The molecule has 0 saturated carbocycles. The molecule has 0 saturated heterocycles. The summed E-state index contributed by atoms with van der Waals surface area (Å²) in [6.07, 6.45) is 1.20. The number of rotatable bonds is 8. The van der Waals surface area contributed by atoms with Crippen molar-refractivity contribution in [3.05, 3.63) is 60.2 Å². The second kappa shape index (κ2) is 8.96. The van der Waals surface area contributed by atoms with Crippen LogP contribution in [0.3, 0.4) is 0 Å². The zero-order valence-corrected chi connectivity index (χ0v) is 13.7. The summed E-state index contributed by atoms with van der Waals surface area (Å²) < 4.78 is 4.94. The third-order valence-corrected chi connectivity index (χ3v) is 3.60. The fraction of sp³-hybridized carbons (Fsp3) is 0.316. The summed E-state index contributed by atoms with van der Waals surface area (Å²) in [6, 6.07) is 18.3. The number of carbonyl (C=O) groups is 1. The van der Waals surface area contributed by atoms with E-state index in [1.807, 2.05) is 42.5 Å². The molecule has 0 aliphatic carbocycles. The van der Waals surface area contributed by atoms with Gasteiger partial charge < -0.3 is 15.4 Å². The summed E-state index contributed by atoms with van der Waals surface area (Å²) in [5.74, 6) is 0.0143. The van der Waals surface area contributed by atoms with E-state index in [1.54, 1.807) is 7.11 Å². The van der Waals surface area contributed by atoms with Gasteiger partial charge in [-0.25, -0.2) is 0 Å². The molecule has 0 aromatic heterocycles. The smallest absolute Gasteiger partial charge is 0.224 e. The van der Waals surface area contributed by atoms with Gasteiger partial charge in [-0.1, -0.05) is 30.3 Å². The van der Waals surface area contributed by atoms with E-state index >= 15 is 0 Å². The van der Waals surface area contributed by atoms with Crippen LogP contribution in [0.5, 0.6) is 0 Å². The Hall–Kier alpha value is -2.33. The standard InChI is InChI=1S/C19H24N2O2/c1-15(16-7-4-3-5-8-16)20-17-10-12-18(13-11-17)21-19(22)9-6-14-23-2/h3-5,7-8,10-13,15,20H,6,9,14H2,1-2H3,(H,21,22). The van der Waals surface area contributed by atoms with Crippen molar-refractivity contribution in [2.45, 2.75) is 25.8 Å². The number of ether oxygens (including phenoxy) is 1. The minimum atomic E-state index is 0.0143. The molecule has 0 heterocycles. The number of methoxy groups -OCH3 is 1. The number of amides is 1. The molecule has 4 heteroatoms. The van der Waals surface area contributed by atoms with Crippen LogP contribution in [0, 0.1) is 0 Å². The second-order valence-corrected chi connectivity index (χ2v) is 5.50. The molecule has 0 spiro atoms. The molecule has 1 unspecified atom stereocenters. The summed E-state index contributed by atoms with van der Waals surface area (Å²) in [6.45, 7) is 2.73. The molecule has 2 N–H and O–H groups in total. The maximum atomic E-state index is 11.8. The lowest BCUT2D eigenvalue weighted by atomic mass is 10.1. The number of anilines is 2. The molecule has 1 atom stereocenters. The molecule has 122 valence electrons. The van der Waals surface area contributed by atoms with Gasteiger partial charge in [-0.05, 0) is 43.2 Å². The van der Waals surface area contributed by atoms with Crippen LogP contribution in [0.15, 0.2) is 54.6 Å². The third kappa shape index (κ3) is 5.75. The van der Waals surface area contributed by atoms with Gasteiger partial charge in [0, 0.05) is 37.6 Å². The van der Waals surface area contributed by atoms with Gasteiger partial charge in [-0.3, -0.25) is 4.79 Å². The Balaban J connectivity index is 1.86. The highest BCUT2D eigenvalue weighted by molar-refractivity contribution is 5.90. The predicted molar refractivity (Wildman–Crippen MR) is 94.7 cm³/mol. The van der Waals surface area contributed by atoms with E-state index in [2.05, 4.69) is 29.7 Å². The quantitative estimate of drug-likeness (QED) is 0.717. The SMILES string of the molecule is COCCCC(=O)Nc1ccc(NC(C)c2ccccc2)cc1. The fourth-order valence-corrected chi connectivity index (χ4v) is 2.33. The van der Waals surface area contributed by atoms with E-state index in [9.17, 15) is 4.79 Å². The summed E-state index contributed by atoms with van der Waals surface area (Å²) in [5, 5.41) is 6.34. The molecule has 4 nitrogen and oxygen atoms in total. The van der Waals surface area contributed by atoms with Gasteiger partial charge in [0.25, 0.3) is 0 Å². The normalized spacial score (nSPS) is 11.7. The topological polar surface area (TPSA) is 50.4 Å². The highest BCUT2D eigenvalue weighted by Gasteiger charge is 2.05. The van der Waals surface area contributed by atoms with Gasteiger partial charge in [0.05, 0.1) is 0 Å². The van der Waals surface area contributed by atoms with Gasteiger partial charge in [-0.15, -0.1) is 0 Å². The van der Waals surface area contributed by atoms with Crippen molar-refractivity contribution in [1.29, 1.82) is 0 Å². The summed E-state index contributed by atoms with van der Waals surface area (Å²) >= 11 is 0. The van der Waals surface area contributed by atoms with Gasteiger partial charge in [0.1, 0.15) is 0 Å². The average Bonchev–Trinajstić information content (AvgIpc) is 2.57. The molecule has 23 heavy (non-hydrogen) atoms. The molecule has 1 amide bonds. The fourth-order valence-electron chi connectivity index (χ4n) is 2.33. The molecule has 2 rings (SSSR count). The predicted octanol–water partition coefficient (Wildman–Crippen LogP) is 4.22. The van der Waals surface area contributed by atoms with Gasteiger partial charge in [0.15, 0.2) is 0 Å². The van der Waals surface area contributed by atoms with Gasteiger partial charge in [0.2, 0.25) is 5.91 Å².